The highest BCUT2D eigenvalue weighted by Gasteiger charge is 2.36. The monoisotopic (exact) mass is 602 g/mol. The van der Waals surface area contributed by atoms with Gasteiger partial charge in [0.15, 0.2) is 16.6 Å². The van der Waals surface area contributed by atoms with Gasteiger partial charge in [0.25, 0.3) is 0 Å². The van der Waals surface area contributed by atoms with Crippen molar-refractivity contribution in [3.8, 4) is 11.5 Å². The Hall–Kier alpha value is -3.81. The number of benzene rings is 1. The van der Waals surface area contributed by atoms with Crippen LogP contribution in [0.5, 0.6) is 11.5 Å². The van der Waals surface area contributed by atoms with E-state index in [-0.39, 0.29) is 28.8 Å². The summed E-state index contributed by atoms with van der Waals surface area (Å²) in [5, 5.41) is 3.47. The first kappa shape index (κ1) is 31.1. The largest absolute Gasteiger partial charge is 0.493 e. The lowest BCUT2D eigenvalue weighted by Crippen LogP contribution is -2.49. The maximum absolute atomic E-state index is 13.7. The number of ether oxygens (including phenoxy) is 3. The Bertz CT molecular complexity index is 1330. The van der Waals surface area contributed by atoms with Crippen LogP contribution in [0.2, 0.25) is 0 Å². The first-order valence-corrected chi connectivity index (χ1v) is 15.0. The molecule has 1 aromatic heterocycles. The Morgan fingerprint density at radius 1 is 1.05 bits per heavy atom. The van der Waals surface area contributed by atoms with Crippen molar-refractivity contribution in [3.63, 3.8) is 0 Å². The second-order valence-corrected chi connectivity index (χ2v) is 11.3. The summed E-state index contributed by atoms with van der Waals surface area (Å²) >= 11 is 1.11. The van der Waals surface area contributed by atoms with Gasteiger partial charge in [0.05, 0.1) is 26.3 Å². The van der Waals surface area contributed by atoms with E-state index in [4.69, 9.17) is 24.2 Å². The van der Waals surface area contributed by atoms with E-state index in [1.54, 1.807) is 35.8 Å². The van der Waals surface area contributed by atoms with Crippen LogP contribution in [0, 0.1) is 5.92 Å². The third-order valence-corrected chi connectivity index (χ3v) is 8.39. The molecule has 4 rings (SSSR count). The number of amides is 3. The Balaban J connectivity index is 1.61. The molecule has 0 spiro atoms. The Kier molecular flexibility index (Phi) is 10.3. The van der Waals surface area contributed by atoms with E-state index < -0.39 is 12.0 Å². The number of fused-ring (bicyclic) bond motifs is 1. The molecule has 2 atom stereocenters. The fraction of sp³-hybridized carbons (Fsp3) is 0.571. The highest BCUT2D eigenvalue weighted by molar-refractivity contribution is 8.13. The van der Waals surface area contributed by atoms with E-state index in [2.05, 4.69) is 5.32 Å². The molecular formula is C28H38N6O7S. The summed E-state index contributed by atoms with van der Waals surface area (Å²) < 4.78 is 16.1. The quantitative estimate of drug-likeness (QED) is 0.453. The fourth-order valence-electron chi connectivity index (χ4n) is 5.08. The number of hydrogen-bond acceptors (Lipinski definition) is 11. The van der Waals surface area contributed by atoms with E-state index in [9.17, 15) is 19.2 Å². The van der Waals surface area contributed by atoms with Gasteiger partial charge in [-0.2, -0.15) is 4.98 Å². The summed E-state index contributed by atoms with van der Waals surface area (Å²) in [5.74, 6) is 1.07. The highest BCUT2D eigenvalue weighted by Crippen LogP contribution is 2.35. The third-order valence-electron chi connectivity index (χ3n) is 7.32. The molecule has 2 aliphatic rings. The fourth-order valence-corrected chi connectivity index (χ4v) is 5.71. The van der Waals surface area contributed by atoms with Gasteiger partial charge in [0.1, 0.15) is 11.9 Å². The van der Waals surface area contributed by atoms with Crippen molar-refractivity contribution in [1.82, 2.24) is 19.8 Å². The summed E-state index contributed by atoms with van der Waals surface area (Å²) in [6, 6.07) is 2.78. The number of carbonyl (C=O) groups excluding carboxylic acids is 4. The zero-order valence-corrected chi connectivity index (χ0v) is 25.5. The van der Waals surface area contributed by atoms with Crippen molar-refractivity contribution < 1.29 is 33.4 Å². The first-order chi connectivity index (χ1) is 20.2. The maximum Gasteiger partial charge on any atom is 0.409 e. The maximum atomic E-state index is 13.7. The Morgan fingerprint density at radius 3 is 2.38 bits per heavy atom. The minimum absolute atomic E-state index is 0.0498. The summed E-state index contributed by atoms with van der Waals surface area (Å²) in [5.41, 5.74) is 0.537. The minimum atomic E-state index is -0.663. The van der Waals surface area contributed by atoms with Crippen molar-refractivity contribution >= 4 is 57.5 Å². The second-order valence-electron chi connectivity index (χ2n) is 10.2. The van der Waals surface area contributed by atoms with E-state index in [1.807, 2.05) is 4.90 Å². The SMILES string of the molecule is CCOC(=O)N1CCN(c2nc(NC(=O)[C@@H]3CCCN3C(=O)C(C)CSC(C)=O)c3cc(OC)c(OC)cc3n2)CC1. The smallest absolute Gasteiger partial charge is 0.409 e. The first-order valence-electron chi connectivity index (χ1n) is 14.0. The number of aromatic nitrogens is 2. The van der Waals surface area contributed by atoms with Gasteiger partial charge in [0.2, 0.25) is 17.8 Å². The number of anilines is 2. The van der Waals surface area contributed by atoms with Gasteiger partial charge in [-0.3, -0.25) is 14.4 Å². The topological polar surface area (TPSA) is 144 Å². The van der Waals surface area contributed by atoms with Crippen LogP contribution in [0.1, 0.15) is 33.6 Å². The predicted molar refractivity (Wildman–Crippen MR) is 159 cm³/mol. The van der Waals surface area contributed by atoms with Crippen LogP contribution in [0.3, 0.4) is 0 Å². The summed E-state index contributed by atoms with van der Waals surface area (Å²) in [6.45, 7) is 7.62. The molecule has 228 valence electrons. The average Bonchev–Trinajstić information content (AvgIpc) is 3.49. The number of hydrogen-bond donors (Lipinski definition) is 1. The standard InChI is InChI=1S/C28H38N6O7S/c1-6-41-28(38)33-12-10-32(11-13-33)27-29-20-15-23(40-5)22(39-4)14-19(20)24(31-27)30-25(36)21-8-7-9-34(21)26(37)17(2)16-42-18(3)35/h14-15,17,21H,6-13,16H2,1-5H3,(H,29,30,31,36)/t17?,21-/m0/s1. The van der Waals surface area contributed by atoms with Crippen LogP contribution in [-0.4, -0.2) is 108 Å². The minimum Gasteiger partial charge on any atom is -0.493 e. The molecule has 42 heavy (non-hydrogen) atoms. The van der Waals surface area contributed by atoms with Crippen LogP contribution in [0.15, 0.2) is 12.1 Å². The van der Waals surface area contributed by atoms with Crippen molar-refractivity contribution in [1.29, 1.82) is 0 Å². The number of nitrogens with one attached hydrogen (secondary N) is 1. The van der Waals surface area contributed by atoms with Crippen molar-refractivity contribution in [3.05, 3.63) is 12.1 Å². The number of methoxy groups -OCH3 is 2. The molecule has 2 aromatic rings. The molecule has 1 N–H and O–H groups in total. The van der Waals surface area contributed by atoms with Crippen LogP contribution < -0.4 is 19.7 Å². The van der Waals surface area contributed by atoms with Gasteiger partial charge in [-0.05, 0) is 25.8 Å². The van der Waals surface area contributed by atoms with Crippen LogP contribution in [-0.2, 0) is 19.1 Å². The molecule has 1 unspecified atom stereocenters. The molecule has 3 heterocycles. The predicted octanol–water partition coefficient (Wildman–Crippen LogP) is 2.77. The lowest BCUT2D eigenvalue weighted by molar-refractivity contribution is -0.139. The lowest BCUT2D eigenvalue weighted by Gasteiger charge is -2.34. The number of carbonyl (C=O) groups is 4. The molecule has 1 aromatic carbocycles. The zero-order valence-electron chi connectivity index (χ0n) is 24.7. The Morgan fingerprint density at radius 2 is 1.74 bits per heavy atom. The molecule has 0 saturated carbocycles. The lowest BCUT2D eigenvalue weighted by atomic mass is 10.1. The number of piperazine rings is 1. The second kappa shape index (κ2) is 13.9. The van der Waals surface area contributed by atoms with E-state index in [1.165, 1.54) is 21.1 Å². The number of thioether (sulfide) groups is 1. The zero-order chi connectivity index (χ0) is 30.4. The molecule has 2 aliphatic heterocycles. The van der Waals surface area contributed by atoms with Crippen LogP contribution >= 0.6 is 11.8 Å². The van der Waals surface area contributed by atoms with Gasteiger partial charge in [-0.15, -0.1) is 0 Å². The van der Waals surface area contributed by atoms with Crippen molar-refractivity contribution in [2.75, 3.05) is 69.5 Å². The van der Waals surface area contributed by atoms with E-state index >= 15 is 0 Å². The molecule has 2 saturated heterocycles. The normalized spacial score (nSPS) is 17.6. The molecular weight excluding hydrogens is 564 g/mol. The number of rotatable bonds is 9. The molecule has 3 amide bonds. The van der Waals surface area contributed by atoms with Crippen LogP contribution in [0.25, 0.3) is 10.9 Å². The molecule has 14 heteroatoms. The van der Waals surface area contributed by atoms with E-state index in [0.29, 0.717) is 86.3 Å². The molecule has 0 aliphatic carbocycles. The molecule has 0 bridgehead atoms. The summed E-state index contributed by atoms with van der Waals surface area (Å²) in [4.78, 5) is 65.1. The van der Waals surface area contributed by atoms with Gasteiger partial charge in [-0.25, -0.2) is 9.78 Å². The van der Waals surface area contributed by atoms with Crippen LogP contribution in [0.4, 0.5) is 16.6 Å². The number of likely N-dealkylation sites (tertiary alicyclic amines) is 1. The Labute approximate surface area is 249 Å². The van der Waals surface area contributed by atoms with E-state index in [0.717, 1.165) is 11.8 Å². The van der Waals surface area contributed by atoms with Gasteiger partial charge in [-0.1, -0.05) is 18.7 Å². The summed E-state index contributed by atoms with van der Waals surface area (Å²) in [7, 11) is 3.05. The van der Waals surface area contributed by atoms with Crippen molar-refractivity contribution in [2.45, 2.75) is 39.7 Å². The molecule has 13 nitrogen and oxygen atoms in total. The van der Waals surface area contributed by atoms with Gasteiger partial charge >= 0.3 is 6.09 Å². The van der Waals surface area contributed by atoms with Gasteiger partial charge < -0.3 is 34.2 Å². The number of nitrogens with zero attached hydrogens (tertiary/aromatic N) is 5. The highest BCUT2D eigenvalue weighted by atomic mass is 32.2. The molecule has 2 fully saturated rings. The molecule has 0 radical (unpaired) electrons. The summed E-state index contributed by atoms with van der Waals surface area (Å²) in [6.07, 6.45) is 0.862. The average molecular weight is 603 g/mol. The third kappa shape index (κ3) is 6.97. The van der Waals surface area contributed by atoms with Crippen molar-refractivity contribution in [2.24, 2.45) is 5.92 Å². The van der Waals surface area contributed by atoms with Gasteiger partial charge in [0, 0.05) is 62.8 Å².